The first kappa shape index (κ1) is 10.6. The lowest BCUT2D eigenvalue weighted by atomic mass is 10.2. The number of unbranched alkanes of at least 4 members (excludes halogenated alkanes) is 3. The molecule has 0 atom stereocenters. The first-order chi connectivity index (χ1) is 5.41. The Kier molecular flexibility index (Phi) is 9.31. The third-order valence-electron chi connectivity index (χ3n) is 1.59. The summed E-state index contributed by atoms with van der Waals surface area (Å²) in [4.78, 5) is 9.79. The van der Waals surface area contributed by atoms with E-state index in [1.165, 1.54) is 12.8 Å². The Morgan fingerprint density at radius 2 is 1.91 bits per heavy atom. The van der Waals surface area contributed by atoms with Crippen LogP contribution in [0.3, 0.4) is 0 Å². The summed E-state index contributed by atoms with van der Waals surface area (Å²) in [6.45, 7) is 4.34. The number of carbonyl (C=O) groups excluding carboxylic acids is 1. The molecular formula is C9H18NO. The summed E-state index contributed by atoms with van der Waals surface area (Å²) in [6.07, 6.45) is 7.05. The summed E-state index contributed by atoms with van der Waals surface area (Å²) in [6, 6.07) is 0. The fourth-order valence-corrected chi connectivity index (χ4v) is 0.874. The van der Waals surface area contributed by atoms with Crippen molar-refractivity contribution in [3.63, 3.8) is 0 Å². The molecule has 0 amide bonds. The Morgan fingerprint density at radius 3 is 2.55 bits per heavy atom. The lowest BCUT2D eigenvalue weighted by Crippen LogP contribution is -2.16. The predicted molar refractivity (Wildman–Crippen MR) is 47.3 cm³/mol. The maximum absolute atomic E-state index is 9.79. The average Bonchev–Trinajstić information content (AvgIpc) is 2.03. The molecule has 0 unspecified atom stereocenters. The molecule has 2 heteroatoms. The Hall–Kier alpha value is -0.370. The normalized spacial score (nSPS) is 9.91. The van der Waals surface area contributed by atoms with Crippen molar-refractivity contribution in [2.24, 2.45) is 0 Å². The van der Waals surface area contributed by atoms with Crippen LogP contribution in [0.1, 0.15) is 39.0 Å². The first-order valence-electron chi connectivity index (χ1n) is 4.47. The van der Waals surface area contributed by atoms with Crippen molar-refractivity contribution in [3.8, 4) is 0 Å². The van der Waals surface area contributed by atoms with Gasteiger partial charge in [0.15, 0.2) is 6.29 Å². The molecule has 0 aliphatic rings. The molecule has 0 aromatic rings. The largest absolute Gasteiger partial charge is 0.317 e. The van der Waals surface area contributed by atoms with E-state index in [4.69, 9.17) is 0 Å². The van der Waals surface area contributed by atoms with Gasteiger partial charge in [-0.1, -0.05) is 13.3 Å². The zero-order valence-corrected chi connectivity index (χ0v) is 7.36. The summed E-state index contributed by atoms with van der Waals surface area (Å²) in [5, 5.41) is 3.32. The van der Waals surface area contributed by atoms with Crippen LogP contribution >= 0.6 is 0 Å². The fourth-order valence-electron chi connectivity index (χ4n) is 0.874. The molecule has 2 nitrogen and oxygen atoms in total. The molecule has 0 saturated carbocycles. The molecule has 0 fully saturated rings. The molecule has 1 N–H and O–H groups in total. The van der Waals surface area contributed by atoms with Crippen LogP contribution < -0.4 is 5.32 Å². The minimum atomic E-state index is 0.593. The minimum absolute atomic E-state index is 0.593. The fraction of sp³-hybridized carbons (Fsp3) is 0.889. The van der Waals surface area contributed by atoms with E-state index in [0.717, 1.165) is 25.9 Å². The highest BCUT2D eigenvalue weighted by Gasteiger charge is 1.87. The summed E-state index contributed by atoms with van der Waals surface area (Å²) >= 11 is 0. The second-order valence-electron chi connectivity index (χ2n) is 2.70. The quantitative estimate of drug-likeness (QED) is 0.541. The Labute approximate surface area is 69.4 Å². The van der Waals surface area contributed by atoms with Gasteiger partial charge >= 0.3 is 0 Å². The molecule has 0 saturated heterocycles. The monoisotopic (exact) mass is 156 g/mol. The maximum Gasteiger partial charge on any atom is 0.198 e. The van der Waals surface area contributed by atoms with E-state index in [2.05, 4.69) is 12.2 Å². The third-order valence-corrected chi connectivity index (χ3v) is 1.59. The lowest BCUT2D eigenvalue weighted by Gasteiger charge is -2.00. The van der Waals surface area contributed by atoms with E-state index in [1.807, 2.05) is 6.29 Å². The van der Waals surface area contributed by atoms with Gasteiger partial charge in [0.05, 0.1) is 0 Å². The van der Waals surface area contributed by atoms with Crippen molar-refractivity contribution < 1.29 is 4.79 Å². The van der Waals surface area contributed by atoms with Gasteiger partial charge in [0, 0.05) is 6.42 Å². The Bertz CT molecular complexity index is 83.6. The van der Waals surface area contributed by atoms with Crippen molar-refractivity contribution in [1.29, 1.82) is 0 Å². The van der Waals surface area contributed by atoms with Gasteiger partial charge in [-0.2, -0.15) is 0 Å². The molecule has 1 radical (unpaired) electrons. The summed E-state index contributed by atoms with van der Waals surface area (Å²) in [5.41, 5.74) is 0. The third kappa shape index (κ3) is 9.63. The predicted octanol–water partition coefficient (Wildman–Crippen LogP) is 1.66. The van der Waals surface area contributed by atoms with Crippen molar-refractivity contribution in [1.82, 2.24) is 5.32 Å². The number of rotatable bonds is 8. The first-order valence-corrected chi connectivity index (χ1v) is 4.47. The van der Waals surface area contributed by atoms with Crippen molar-refractivity contribution in [2.75, 3.05) is 13.1 Å². The van der Waals surface area contributed by atoms with Crippen molar-refractivity contribution in [2.45, 2.75) is 39.0 Å². The minimum Gasteiger partial charge on any atom is -0.317 e. The second-order valence-corrected chi connectivity index (χ2v) is 2.70. The average molecular weight is 156 g/mol. The Balaban J connectivity index is 2.74. The molecule has 65 valence electrons. The van der Waals surface area contributed by atoms with E-state index in [0.29, 0.717) is 6.42 Å². The molecule has 0 bridgehead atoms. The van der Waals surface area contributed by atoms with E-state index >= 15 is 0 Å². The van der Waals surface area contributed by atoms with Gasteiger partial charge in [-0.15, -0.1) is 0 Å². The summed E-state index contributed by atoms with van der Waals surface area (Å²) in [5.74, 6) is 0. The zero-order chi connectivity index (χ0) is 8.36. The summed E-state index contributed by atoms with van der Waals surface area (Å²) in [7, 11) is 0. The number of nitrogens with one attached hydrogen (secondary N) is 1. The smallest absolute Gasteiger partial charge is 0.198 e. The summed E-state index contributed by atoms with van der Waals surface area (Å²) < 4.78 is 0. The van der Waals surface area contributed by atoms with Crippen molar-refractivity contribution >= 4 is 6.29 Å². The highest BCUT2D eigenvalue weighted by Crippen LogP contribution is 1.90. The van der Waals surface area contributed by atoms with Crippen molar-refractivity contribution in [3.05, 3.63) is 0 Å². The van der Waals surface area contributed by atoms with Crippen LogP contribution in [-0.2, 0) is 4.79 Å². The standard InChI is InChI=1S/C9H18NO/c1-2-3-7-10-8-5-4-6-9-11/h10H,2-8H2,1H3. The topological polar surface area (TPSA) is 29.1 Å². The van der Waals surface area contributed by atoms with E-state index < -0.39 is 0 Å². The molecule has 0 aliphatic carbocycles. The molecule has 0 aromatic carbocycles. The lowest BCUT2D eigenvalue weighted by molar-refractivity contribution is 0.542. The molecule has 0 heterocycles. The maximum atomic E-state index is 9.79. The van der Waals surface area contributed by atoms with Crippen LogP contribution in [0.25, 0.3) is 0 Å². The van der Waals surface area contributed by atoms with Gasteiger partial charge in [-0.3, -0.25) is 4.79 Å². The molecule has 0 spiro atoms. The highest BCUT2D eigenvalue weighted by molar-refractivity contribution is 5.50. The van der Waals surface area contributed by atoms with Gasteiger partial charge in [0.1, 0.15) is 0 Å². The van der Waals surface area contributed by atoms with Crippen LogP contribution in [0.4, 0.5) is 0 Å². The molecule has 0 rings (SSSR count). The molecule has 0 aromatic heterocycles. The number of hydrogen-bond donors (Lipinski definition) is 1. The highest BCUT2D eigenvalue weighted by atomic mass is 16.1. The van der Waals surface area contributed by atoms with E-state index in [9.17, 15) is 4.79 Å². The number of hydrogen-bond acceptors (Lipinski definition) is 2. The second kappa shape index (κ2) is 9.63. The van der Waals surface area contributed by atoms with Crippen LogP contribution in [-0.4, -0.2) is 19.4 Å². The van der Waals surface area contributed by atoms with Crippen LogP contribution in [0, 0.1) is 0 Å². The SMILES string of the molecule is CCCCNCCCC[C]=O. The van der Waals surface area contributed by atoms with Gasteiger partial charge in [-0.25, -0.2) is 0 Å². The van der Waals surface area contributed by atoms with Gasteiger partial charge in [0.25, 0.3) is 0 Å². The molecule has 0 aliphatic heterocycles. The Morgan fingerprint density at radius 1 is 1.18 bits per heavy atom. The zero-order valence-electron chi connectivity index (χ0n) is 7.36. The molecule has 11 heavy (non-hydrogen) atoms. The van der Waals surface area contributed by atoms with Gasteiger partial charge in [-0.05, 0) is 32.4 Å². The van der Waals surface area contributed by atoms with Crippen LogP contribution in [0.2, 0.25) is 0 Å². The van der Waals surface area contributed by atoms with Gasteiger partial charge < -0.3 is 5.32 Å². The van der Waals surface area contributed by atoms with Crippen LogP contribution in [0.15, 0.2) is 0 Å². The van der Waals surface area contributed by atoms with E-state index in [-0.39, 0.29) is 0 Å². The van der Waals surface area contributed by atoms with Gasteiger partial charge in [0.2, 0.25) is 0 Å². The van der Waals surface area contributed by atoms with E-state index in [1.54, 1.807) is 0 Å². The molecular weight excluding hydrogens is 138 g/mol. The van der Waals surface area contributed by atoms with Crippen LogP contribution in [0.5, 0.6) is 0 Å².